The first kappa shape index (κ1) is 14.2. The molecular formula is C14H20O5. The Labute approximate surface area is 112 Å². The molecule has 2 aliphatic heterocycles. The fraction of sp³-hybridized carbons (Fsp3) is 0.643. The third-order valence-electron chi connectivity index (χ3n) is 3.30. The molecule has 1 saturated heterocycles. The molecule has 106 valence electrons. The van der Waals surface area contributed by atoms with E-state index in [1.807, 2.05) is 13.0 Å². The van der Waals surface area contributed by atoms with Crippen LogP contribution < -0.4 is 0 Å². The van der Waals surface area contributed by atoms with Crippen molar-refractivity contribution in [1.82, 2.24) is 0 Å². The fourth-order valence-electron chi connectivity index (χ4n) is 2.14. The summed E-state index contributed by atoms with van der Waals surface area (Å²) < 4.78 is 10.4. The number of carbonyl (C=O) groups excluding carboxylic acids is 1. The Kier molecular flexibility index (Phi) is 4.74. The predicted molar refractivity (Wildman–Crippen MR) is 68.4 cm³/mol. The van der Waals surface area contributed by atoms with E-state index in [4.69, 9.17) is 9.47 Å². The molecule has 2 heterocycles. The Hall–Kier alpha value is -1.17. The molecule has 2 aliphatic rings. The molecule has 0 bridgehead atoms. The number of esters is 1. The molecule has 0 radical (unpaired) electrons. The van der Waals surface area contributed by atoms with Crippen molar-refractivity contribution in [2.75, 3.05) is 0 Å². The van der Waals surface area contributed by atoms with E-state index in [0.717, 1.165) is 19.3 Å². The highest BCUT2D eigenvalue weighted by atomic mass is 16.6. The number of epoxide rings is 1. The zero-order valence-corrected chi connectivity index (χ0v) is 10.9. The van der Waals surface area contributed by atoms with E-state index in [-0.39, 0.29) is 6.10 Å². The minimum absolute atomic E-state index is 0.152. The van der Waals surface area contributed by atoms with Crippen molar-refractivity contribution >= 4 is 5.97 Å². The summed E-state index contributed by atoms with van der Waals surface area (Å²) in [4.78, 5) is 11.5. The average Bonchev–Trinajstić information content (AvgIpc) is 3.14. The molecule has 0 aromatic rings. The maximum absolute atomic E-state index is 11.5. The summed E-state index contributed by atoms with van der Waals surface area (Å²) in [5.74, 6) is -0.461. The molecule has 0 aliphatic carbocycles. The monoisotopic (exact) mass is 268 g/mol. The Morgan fingerprint density at radius 1 is 1.21 bits per heavy atom. The Balaban J connectivity index is 2.00. The first-order valence-electron chi connectivity index (χ1n) is 6.65. The summed E-state index contributed by atoms with van der Waals surface area (Å²) in [7, 11) is 0. The van der Waals surface area contributed by atoms with Gasteiger partial charge in [0.15, 0.2) is 0 Å². The third kappa shape index (κ3) is 4.16. The molecule has 5 nitrogen and oxygen atoms in total. The van der Waals surface area contributed by atoms with Crippen molar-refractivity contribution in [3.8, 4) is 0 Å². The second-order valence-corrected chi connectivity index (χ2v) is 5.01. The minimum atomic E-state index is -0.904. The molecule has 2 N–H and O–H groups in total. The molecule has 19 heavy (non-hydrogen) atoms. The van der Waals surface area contributed by atoms with Gasteiger partial charge in [-0.25, -0.2) is 4.79 Å². The molecule has 0 spiro atoms. The zero-order valence-electron chi connectivity index (χ0n) is 10.9. The van der Waals surface area contributed by atoms with Crippen LogP contribution in [-0.4, -0.2) is 46.7 Å². The Morgan fingerprint density at radius 3 is 2.63 bits per heavy atom. The van der Waals surface area contributed by atoms with Gasteiger partial charge >= 0.3 is 5.97 Å². The molecule has 0 aromatic heterocycles. The number of ether oxygens (including phenoxy) is 2. The molecule has 5 atom stereocenters. The highest BCUT2D eigenvalue weighted by molar-refractivity contribution is 5.82. The first-order valence-corrected chi connectivity index (χ1v) is 6.65. The lowest BCUT2D eigenvalue weighted by atomic mass is 10.1. The van der Waals surface area contributed by atoms with Gasteiger partial charge in [0, 0.05) is 6.08 Å². The number of carbonyl (C=O) groups is 1. The van der Waals surface area contributed by atoms with Crippen LogP contribution in [-0.2, 0) is 14.3 Å². The second kappa shape index (κ2) is 6.32. The highest BCUT2D eigenvalue weighted by Crippen LogP contribution is 2.30. The summed E-state index contributed by atoms with van der Waals surface area (Å²) in [6.07, 6.45) is 6.02. The number of hydrogen-bond donors (Lipinski definition) is 2. The minimum Gasteiger partial charge on any atom is -0.460 e. The van der Waals surface area contributed by atoms with Gasteiger partial charge < -0.3 is 19.7 Å². The molecule has 0 saturated carbocycles. The van der Waals surface area contributed by atoms with Gasteiger partial charge in [-0.15, -0.1) is 0 Å². The molecule has 0 amide bonds. The van der Waals surface area contributed by atoms with Crippen molar-refractivity contribution in [1.29, 1.82) is 0 Å². The second-order valence-electron chi connectivity index (χ2n) is 5.01. The summed E-state index contributed by atoms with van der Waals surface area (Å²) in [6.45, 7) is 1.84. The molecule has 5 unspecified atom stereocenters. The number of aliphatic hydroxyl groups excluding tert-OH is 2. The van der Waals surface area contributed by atoms with Crippen LogP contribution in [0.3, 0.4) is 0 Å². The van der Waals surface area contributed by atoms with Gasteiger partial charge in [0.1, 0.15) is 24.4 Å². The number of fused-ring (bicyclic) bond motifs is 1. The van der Waals surface area contributed by atoms with E-state index >= 15 is 0 Å². The van der Waals surface area contributed by atoms with E-state index in [2.05, 4.69) is 0 Å². The standard InChI is InChI=1S/C14H20O5/c1-9-5-3-2-4-6-10(15)13-14(19-13)11(16)7-8-12(17)18-9/h4,6-11,13-16H,2-3,5H2,1H3/b6-4-,8-7-. The number of aliphatic hydroxyl groups is 2. The van der Waals surface area contributed by atoms with Gasteiger partial charge in [-0.3, -0.25) is 0 Å². The molecular weight excluding hydrogens is 248 g/mol. The maximum atomic E-state index is 11.5. The summed E-state index contributed by atoms with van der Waals surface area (Å²) in [5.41, 5.74) is 0. The van der Waals surface area contributed by atoms with Crippen molar-refractivity contribution < 1.29 is 24.5 Å². The van der Waals surface area contributed by atoms with Crippen LogP contribution in [0.15, 0.2) is 24.3 Å². The third-order valence-corrected chi connectivity index (χ3v) is 3.30. The van der Waals surface area contributed by atoms with Crippen molar-refractivity contribution in [3.05, 3.63) is 24.3 Å². The lowest BCUT2D eigenvalue weighted by Crippen LogP contribution is -2.21. The predicted octanol–water partition coefficient (Wildman–Crippen LogP) is 0.704. The van der Waals surface area contributed by atoms with Crippen molar-refractivity contribution in [3.63, 3.8) is 0 Å². The average molecular weight is 268 g/mol. The van der Waals surface area contributed by atoms with Crippen LogP contribution >= 0.6 is 0 Å². The van der Waals surface area contributed by atoms with Gasteiger partial charge in [0.25, 0.3) is 0 Å². The number of hydrogen-bond acceptors (Lipinski definition) is 5. The summed E-state index contributed by atoms with van der Waals surface area (Å²) in [6, 6.07) is 0. The van der Waals surface area contributed by atoms with Crippen LogP contribution in [0.2, 0.25) is 0 Å². The van der Waals surface area contributed by atoms with Crippen molar-refractivity contribution in [2.24, 2.45) is 0 Å². The molecule has 0 aromatic carbocycles. The SMILES string of the molecule is CC1CCC/C=C\C(O)C2OC2C(O)/C=C\C(=O)O1. The summed E-state index contributed by atoms with van der Waals surface area (Å²) >= 11 is 0. The van der Waals surface area contributed by atoms with Gasteiger partial charge in [-0.2, -0.15) is 0 Å². The van der Waals surface area contributed by atoms with E-state index < -0.39 is 30.4 Å². The number of rotatable bonds is 0. The molecule has 1 fully saturated rings. The van der Waals surface area contributed by atoms with Crippen LogP contribution in [0.25, 0.3) is 0 Å². The fourth-order valence-corrected chi connectivity index (χ4v) is 2.14. The maximum Gasteiger partial charge on any atom is 0.330 e. The smallest absolute Gasteiger partial charge is 0.330 e. The van der Waals surface area contributed by atoms with Gasteiger partial charge in [-0.05, 0) is 32.3 Å². The topological polar surface area (TPSA) is 79.3 Å². The van der Waals surface area contributed by atoms with Crippen molar-refractivity contribution in [2.45, 2.75) is 56.7 Å². The van der Waals surface area contributed by atoms with Crippen LogP contribution in [0.4, 0.5) is 0 Å². The zero-order chi connectivity index (χ0) is 13.8. The Morgan fingerprint density at radius 2 is 1.89 bits per heavy atom. The van der Waals surface area contributed by atoms with E-state index in [0.29, 0.717) is 0 Å². The lowest BCUT2D eigenvalue weighted by molar-refractivity contribution is -0.142. The quantitative estimate of drug-likeness (QED) is 0.384. The van der Waals surface area contributed by atoms with Crippen LogP contribution in [0.5, 0.6) is 0 Å². The lowest BCUT2D eigenvalue weighted by Gasteiger charge is -2.11. The number of cyclic esters (lactones) is 1. The van der Waals surface area contributed by atoms with Crippen LogP contribution in [0, 0.1) is 0 Å². The van der Waals surface area contributed by atoms with Gasteiger partial charge in [0.05, 0.1) is 6.10 Å². The van der Waals surface area contributed by atoms with E-state index in [1.165, 1.54) is 12.2 Å². The largest absolute Gasteiger partial charge is 0.460 e. The first-order chi connectivity index (χ1) is 9.08. The highest BCUT2D eigenvalue weighted by Gasteiger charge is 2.47. The summed E-state index contributed by atoms with van der Waals surface area (Å²) in [5, 5.41) is 19.6. The molecule has 5 heteroatoms. The van der Waals surface area contributed by atoms with Gasteiger partial charge in [-0.1, -0.05) is 12.2 Å². The normalized spacial score (nSPS) is 43.5. The van der Waals surface area contributed by atoms with E-state index in [9.17, 15) is 15.0 Å². The Bertz CT molecular complexity index is 376. The van der Waals surface area contributed by atoms with Crippen LogP contribution in [0.1, 0.15) is 26.2 Å². The van der Waals surface area contributed by atoms with Gasteiger partial charge in [0.2, 0.25) is 0 Å². The number of allylic oxidation sites excluding steroid dienone is 1. The molecule has 2 rings (SSSR count). The van der Waals surface area contributed by atoms with E-state index in [1.54, 1.807) is 6.08 Å².